The molecule has 7 heteroatoms. The van der Waals surface area contributed by atoms with Crippen molar-refractivity contribution in [1.29, 1.82) is 0 Å². The second-order valence-electron chi connectivity index (χ2n) is 7.14. The van der Waals surface area contributed by atoms with Crippen LogP contribution in [-0.4, -0.2) is 51.6 Å². The van der Waals surface area contributed by atoms with E-state index in [1.165, 1.54) is 24.1 Å². The number of guanidine groups is 1. The molecule has 1 aromatic heterocycles. The minimum Gasteiger partial charge on any atom is -0.468 e. The molecule has 3 rings (SSSR count). The van der Waals surface area contributed by atoms with E-state index in [1.54, 1.807) is 6.26 Å². The molecule has 0 spiro atoms. The molecule has 1 aliphatic rings. The van der Waals surface area contributed by atoms with Gasteiger partial charge in [-0.3, -0.25) is 9.89 Å². The van der Waals surface area contributed by atoms with E-state index in [0.717, 1.165) is 37.9 Å². The summed E-state index contributed by atoms with van der Waals surface area (Å²) in [5.41, 5.74) is 2.43. The van der Waals surface area contributed by atoms with Crippen LogP contribution in [0.25, 0.3) is 0 Å². The number of hydrogen-bond acceptors (Lipinski definition) is 4. The maximum Gasteiger partial charge on any atom is 0.191 e. The molecule has 28 heavy (non-hydrogen) atoms. The Balaban J connectivity index is 0.00000280. The zero-order chi connectivity index (χ0) is 19.1. The van der Waals surface area contributed by atoms with Gasteiger partial charge in [0.05, 0.1) is 12.3 Å². The first-order valence-corrected chi connectivity index (χ1v) is 9.65. The number of halogens is 1. The van der Waals surface area contributed by atoms with E-state index in [0.29, 0.717) is 0 Å². The van der Waals surface area contributed by atoms with Crippen molar-refractivity contribution < 1.29 is 4.42 Å². The van der Waals surface area contributed by atoms with Gasteiger partial charge in [-0.2, -0.15) is 0 Å². The van der Waals surface area contributed by atoms with E-state index in [1.807, 2.05) is 13.1 Å². The minimum absolute atomic E-state index is 0. The highest BCUT2D eigenvalue weighted by Crippen LogP contribution is 2.24. The van der Waals surface area contributed by atoms with Gasteiger partial charge < -0.3 is 20.0 Å². The van der Waals surface area contributed by atoms with Gasteiger partial charge in [-0.05, 0) is 55.8 Å². The van der Waals surface area contributed by atoms with Crippen molar-refractivity contribution in [2.75, 3.05) is 45.7 Å². The van der Waals surface area contributed by atoms with Gasteiger partial charge in [-0.25, -0.2) is 0 Å². The van der Waals surface area contributed by atoms with Crippen molar-refractivity contribution in [2.45, 2.75) is 25.4 Å². The van der Waals surface area contributed by atoms with Crippen LogP contribution in [0.1, 0.15) is 30.2 Å². The highest BCUT2D eigenvalue weighted by atomic mass is 127. The number of furan rings is 1. The number of nitrogens with one attached hydrogen (secondary N) is 2. The average Bonchev–Trinajstić information content (AvgIpc) is 3.39. The van der Waals surface area contributed by atoms with E-state index in [9.17, 15) is 0 Å². The lowest BCUT2D eigenvalue weighted by Crippen LogP contribution is -2.42. The molecule has 0 aliphatic carbocycles. The summed E-state index contributed by atoms with van der Waals surface area (Å²) in [5.74, 6) is 1.82. The Bertz CT molecular complexity index is 709. The number of aliphatic imine (C=N–C) groups is 1. The molecule has 2 heterocycles. The van der Waals surface area contributed by atoms with Gasteiger partial charge in [0.15, 0.2) is 5.96 Å². The summed E-state index contributed by atoms with van der Waals surface area (Å²) in [6.45, 7) is 3.75. The summed E-state index contributed by atoms with van der Waals surface area (Å²) in [6.07, 6.45) is 4.27. The van der Waals surface area contributed by atoms with Gasteiger partial charge in [0.2, 0.25) is 0 Å². The number of benzene rings is 1. The van der Waals surface area contributed by atoms with Crippen molar-refractivity contribution in [2.24, 2.45) is 4.99 Å². The van der Waals surface area contributed by atoms with Crippen LogP contribution in [0.4, 0.5) is 5.69 Å². The fourth-order valence-electron chi connectivity index (χ4n) is 3.46. The number of likely N-dealkylation sites (tertiary alicyclic amines) is 1. The molecule has 1 unspecified atom stereocenters. The third-order valence-electron chi connectivity index (χ3n) is 5.05. The molecule has 2 N–H and O–H groups in total. The van der Waals surface area contributed by atoms with Gasteiger partial charge in [0.25, 0.3) is 0 Å². The van der Waals surface area contributed by atoms with Crippen molar-refractivity contribution in [3.05, 3.63) is 54.0 Å². The van der Waals surface area contributed by atoms with E-state index in [-0.39, 0.29) is 30.0 Å². The van der Waals surface area contributed by atoms with Crippen LogP contribution in [0.5, 0.6) is 0 Å². The average molecular weight is 497 g/mol. The van der Waals surface area contributed by atoms with Crippen LogP contribution >= 0.6 is 24.0 Å². The summed E-state index contributed by atoms with van der Waals surface area (Å²) in [4.78, 5) is 8.95. The van der Waals surface area contributed by atoms with Gasteiger partial charge in [0, 0.05) is 39.9 Å². The van der Waals surface area contributed by atoms with E-state index < -0.39 is 0 Å². The monoisotopic (exact) mass is 497 g/mol. The smallest absolute Gasteiger partial charge is 0.191 e. The van der Waals surface area contributed by atoms with Crippen LogP contribution in [0.2, 0.25) is 0 Å². The molecule has 0 amide bonds. The van der Waals surface area contributed by atoms with Gasteiger partial charge in [0.1, 0.15) is 5.76 Å². The topological polar surface area (TPSA) is 56.0 Å². The number of rotatable bonds is 7. The number of nitrogens with zero attached hydrogens (tertiary/aromatic N) is 3. The zero-order valence-electron chi connectivity index (χ0n) is 17.0. The van der Waals surface area contributed by atoms with Crippen molar-refractivity contribution in [3.63, 3.8) is 0 Å². The molecular weight excluding hydrogens is 465 g/mol. The highest BCUT2D eigenvalue weighted by Gasteiger charge is 2.25. The van der Waals surface area contributed by atoms with Crippen LogP contribution < -0.4 is 15.5 Å². The lowest BCUT2D eigenvalue weighted by Gasteiger charge is -2.26. The first-order valence-electron chi connectivity index (χ1n) is 9.65. The highest BCUT2D eigenvalue weighted by molar-refractivity contribution is 14.0. The largest absolute Gasteiger partial charge is 0.468 e. The Labute approximate surface area is 185 Å². The SMILES string of the molecule is CN=C(NCc1ccc(N(C)C)cc1)NCC(c1ccco1)N1CCCC1.I. The molecule has 1 saturated heterocycles. The molecule has 1 atom stereocenters. The van der Waals surface area contributed by atoms with Crippen LogP contribution in [-0.2, 0) is 6.54 Å². The molecule has 0 radical (unpaired) electrons. The summed E-state index contributed by atoms with van der Waals surface area (Å²) < 4.78 is 5.69. The summed E-state index contributed by atoms with van der Waals surface area (Å²) in [5, 5.41) is 6.87. The third kappa shape index (κ3) is 6.13. The summed E-state index contributed by atoms with van der Waals surface area (Å²) in [6, 6.07) is 12.8. The lowest BCUT2D eigenvalue weighted by molar-refractivity contribution is 0.215. The molecule has 154 valence electrons. The maximum atomic E-state index is 5.69. The first kappa shape index (κ1) is 22.5. The Hall–Kier alpha value is -1.74. The van der Waals surface area contributed by atoms with E-state index >= 15 is 0 Å². The van der Waals surface area contributed by atoms with Crippen molar-refractivity contribution in [3.8, 4) is 0 Å². The van der Waals surface area contributed by atoms with Gasteiger partial charge >= 0.3 is 0 Å². The molecule has 1 aliphatic heterocycles. The maximum absolute atomic E-state index is 5.69. The predicted octanol–water partition coefficient (Wildman–Crippen LogP) is 3.47. The van der Waals surface area contributed by atoms with Crippen molar-refractivity contribution in [1.82, 2.24) is 15.5 Å². The number of anilines is 1. The number of hydrogen-bond donors (Lipinski definition) is 2. The van der Waals surface area contributed by atoms with Crippen LogP contribution in [0.15, 0.2) is 52.1 Å². The normalized spacial score (nSPS) is 15.8. The summed E-state index contributed by atoms with van der Waals surface area (Å²) >= 11 is 0. The third-order valence-corrected chi connectivity index (χ3v) is 5.05. The molecule has 0 bridgehead atoms. The quantitative estimate of drug-likeness (QED) is 0.349. The Kier molecular flexibility index (Phi) is 9.11. The van der Waals surface area contributed by atoms with E-state index in [4.69, 9.17) is 4.42 Å². The van der Waals surface area contributed by atoms with Crippen molar-refractivity contribution >= 4 is 35.6 Å². The molecule has 1 fully saturated rings. The second kappa shape index (κ2) is 11.3. The summed E-state index contributed by atoms with van der Waals surface area (Å²) in [7, 11) is 5.91. The minimum atomic E-state index is 0. The molecule has 0 saturated carbocycles. The Morgan fingerprint density at radius 1 is 1.14 bits per heavy atom. The van der Waals surface area contributed by atoms with Gasteiger partial charge in [-0.1, -0.05) is 12.1 Å². The standard InChI is InChI=1S/C21H31N5O.HI/c1-22-21(23-15-17-8-10-18(11-9-17)25(2)3)24-16-19(20-7-6-14-27-20)26-12-4-5-13-26;/h6-11,14,19H,4-5,12-13,15-16H2,1-3H3,(H2,22,23,24);1H. The van der Waals surface area contributed by atoms with Crippen LogP contribution in [0.3, 0.4) is 0 Å². The fourth-order valence-corrected chi connectivity index (χ4v) is 3.46. The molecular formula is C21H32IN5O. The lowest BCUT2D eigenvalue weighted by atomic mass is 10.2. The second-order valence-corrected chi connectivity index (χ2v) is 7.14. The Morgan fingerprint density at radius 3 is 2.43 bits per heavy atom. The predicted molar refractivity (Wildman–Crippen MR) is 127 cm³/mol. The van der Waals surface area contributed by atoms with Gasteiger partial charge in [-0.15, -0.1) is 24.0 Å². The Morgan fingerprint density at radius 2 is 1.86 bits per heavy atom. The molecule has 2 aromatic rings. The molecule has 6 nitrogen and oxygen atoms in total. The van der Waals surface area contributed by atoms with Crippen LogP contribution in [0, 0.1) is 0 Å². The zero-order valence-corrected chi connectivity index (χ0v) is 19.3. The fraction of sp³-hybridized carbons (Fsp3) is 0.476. The first-order chi connectivity index (χ1) is 13.2. The molecule has 1 aromatic carbocycles. The van der Waals surface area contributed by atoms with E-state index in [2.05, 4.69) is 69.9 Å².